The first kappa shape index (κ1) is 13.4. The fourth-order valence-electron chi connectivity index (χ4n) is 1.65. The van der Waals surface area contributed by atoms with Gasteiger partial charge >= 0.3 is 0 Å². The molecule has 0 aliphatic rings. The van der Waals surface area contributed by atoms with Crippen molar-refractivity contribution in [2.24, 2.45) is 5.73 Å². The smallest absolute Gasteiger partial charge is 0.167 e. The standard InChI is InChI=1S/C14H12F3NO/c15-11-4-5-13(12(16)6-11)19-8-10-3-1-2-9(7-18)14(10)17/h1-6H,7-8,18H2. The second-order valence-electron chi connectivity index (χ2n) is 3.96. The number of nitrogens with two attached hydrogens (primary N) is 1. The van der Waals surface area contributed by atoms with Gasteiger partial charge in [-0.15, -0.1) is 0 Å². The van der Waals surface area contributed by atoms with E-state index in [-0.39, 0.29) is 24.5 Å². The predicted octanol–water partition coefficient (Wildman–Crippen LogP) is 3.14. The summed E-state index contributed by atoms with van der Waals surface area (Å²) >= 11 is 0. The van der Waals surface area contributed by atoms with Crippen LogP contribution in [0, 0.1) is 17.5 Å². The Morgan fingerprint density at radius 1 is 1.00 bits per heavy atom. The van der Waals surface area contributed by atoms with Crippen LogP contribution in [0.1, 0.15) is 11.1 Å². The monoisotopic (exact) mass is 267 g/mol. The summed E-state index contributed by atoms with van der Waals surface area (Å²) < 4.78 is 45.0. The minimum Gasteiger partial charge on any atom is -0.486 e. The van der Waals surface area contributed by atoms with Crippen molar-refractivity contribution in [2.75, 3.05) is 0 Å². The number of hydrogen-bond acceptors (Lipinski definition) is 2. The van der Waals surface area contributed by atoms with Crippen LogP contribution < -0.4 is 10.5 Å². The first-order valence-corrected chi connectivity index (χ1v) is 5.66. The highest BCUT2D eigenvalue weighted by molar-refractivity contribution is 5.28. The normalized spacial score (nSPS) is 10.5. The van der Waals surface area contributed by atoms with Gasteiger partial charge in [-0.3, -0.25) is 0 Å². The Balaban J connectivity index is 2.14. The molecule has 0 aliphatic carbocycles. The van der Waals surface area contributed by atoms with E-state index in [1.165, 1.54) is 6.07 Å². The van der Waals surface area contributed by atoms with Crippen molar-refractivity contribution in [1.82, 2.24) is 0 Å². The Bertz CT molecular complexity index is 587. The van der Waals surface area contributed by atoms with Crippen molar-refractivity contribution in [1.29, 1.82) is 0 Å². The SMILES string of the molecule is NCc1cccc(COc2ccc(F)cc2F)c1F. The quantitative estimate of drug-likeness (QED) is 0.923. The van der Waals surface area contributed by atoms with Crippen LogP contribution in [-0.4, -0.2) is 0 Å². The maximum atomic E-state index is 13.8. The van der Waals surface area contributed by atoms with Crippen LogP contribution >= 0.6 is 0 Å². The molecule has 0 fully saturated rings. The highest BCUT2D eigenvalue weighted by Crippen LogP contribution is 2.20. The molecule has 2 rings (SSSR count). The maximum absolute atomic E-state index is 13.8. The molecule has 19 heavy (non-hydrogen) atoms. The number of halogens is 3. The Labute approximate surface area is 108 Å². The molecule has 2 nitrogen and oxygen atoms in total. The summed E-state index contributed by atoms with van der Waals surface area (Å²) in [6, 6.07) is 7.68. The van der Waals surface area contributed by atoms with Gasteiger partial charge in [0.2, 0.25) is 0 Å². The maximum Gasteiger partial charge on any atom is 0.167 e. The van der Waals surface area contributed by atoms with Gasteiger partial charge in [0.1, 0.15) is 18.2 Å². The molecule has 0 aromatic heterocycles. The molecule has 0 amide bonds. The lowest BCUT2D eigenvalue weighted by Crippen LogP contribution is -2.05. The van der Waals surface area contributed by atoms with Crippen molar-refractivity contribution in [3.63, 3.8) is 0 Å². The number of ether oxygens (including phenoxy) is 1. The molecule has 0 spiro atoms. The topological polar surface area (TPSA) is 35.2 Å². The molecule has 2 aromatic carbocycles. The van der Waals surface area contributed by atoms with Crippen molar-refractivity contribution >= 4 is 0 Å². The fraction of sp³-hybridized carbons (Fsp3) is 0.143. The van der Waals surface area contributed by atoms with Crippen LogP contribution in [0.3, 0.4) is 0 Å². The summed E-state index contributed by atoms with van der Waals surface area (Å²) in [4.78, 5) is 0. The molecule has 0 unspecified atom stereocenters. The van der Waals surface area contributed by atoms with Crippen LogP contribution in [0.5, 0.6) is 5.75 Å². The van der Waals surface area contributed by atoms with E-state index < -0.39 is 17.5 Å². The van der Waals surface area contributed by atoms with E-state index in [9.17, 15) is 13.2 Å². The lowest BCUT2D eigenvalue weighted by molar-refractivity contribution is 0.283. The van der Waals surface area contributed by atoms with Crippen molar-refractivity contribution in [2.45, 2.75) is 13.2 Å². The molecular formula is C14H12F3NO. The van der Waals surface area contributed by atoms with Gasteiger partial charge in [0.05, 0.1) is 0 Å². The average Bonchev–Trinajstić information content (AvgIpc) is 2.39. The van der Waals surface area contributed by atoms with Crippen molar-refractivity contribution in [3.05, 3.63) is 65.0 Å². The number of rotatable bonds is 4. The third-order valence-electron chi connectivity index (χ3n) is 2.66. The Kier molecular flexibility index (Phi) is 4.06. The first-order valence-electron chi connectivity index (χ1n) is 5.66. The Morgan fingerprint density at radius 2 is 1.74 bits per heavy atom. The summed E-state index contributed by atoms with van der Waals surface area (Å²) in [5.74, 6) is -2.11. The Morgan fingerprint density at radius 3 is 2.42 bits per heavy atom. The van der Waals surface area contributed by atoms with Gasteiger partial charge < -0.3 is 10.5 Å². The van der Waals surface area contributed by atoms with Gasteiger partial charge in [-0.05, 0) is 12.1 Å². The van der Waals surface area contributed by atoms with E-state index in [4.69, 9.17) is 10.5 Å². The van der Waals surface area contributed by atoms with Gasteiger partial charge in [-0.1, -0.05) is 18.2 Å². The number of benzene rings is 2. The van der Waals surface area contributed by atoms with E-state index >= 15 is 0 Å². The van der Waals surface area contributed by atoms with Gasteiger partial charge in [0.15, 0.2) is 11.6 Å². The zero-order valence-corrected chi connectivity index (χ0v) is 10.00. The lowest BCUT2D eigenvalue weighted by Gasteiger charge is -2.09. The average molecular weight is 267 g/mol. The molecule has 2 aromatic rings. The largest absolute Gasteiger partial charge is 0.486 e. The summed E-state index contributed by atoms with van der Waals surface area (Å²) in [6.07, 6.45) is 0. The van der Waals surface area contributed by atoms with Gasteiger partial charge in [-0.2, -0.15) is 0 Å². The zero-order chi connectivity index (χ0) is 13.8. The highest BCUT2D eigenvalue weighted by atomic mass is 19.1. The van der Waals surface area contributed by atoms with Crippen LogP contribution in [0.25, 0.3) is 0 Å². The van der Waals surface area contributed by atoms with E-state index in [0.717, 1.165) is 12.1 Å². The van der Waals surface area contributed by atoms with Gasteiger partial charge in [-0.25, -0.2) is 13.2 Å². The third-order valence-corrected chi connectivity index (χ3v) is 2.66. The van der Waals surface area contributed by atoms with Gasteiger partial charge in [0, 0.05) is 23.7 Å². The van der Waals surface area contributed by atoms with Crippen LogP contribution in [-0.2, 0) is 13.2 Å². The van der Waals surface area contributed by atoms with E-state index in [1.54, 1.807) is 12.1 Å². The van der Waals surface area contributed by atoms with E-state index in [0.29, 0.717) is 11.6 Å². The van der Waals surface area contributed by atoms with E-state index in [1.807, 2.05) is 0 Å². The van der Waals surface area contributed by atoms with Crippen molar-refractivity contribution in [3.8, 4) is 5.75 Å². The van der Waals surface area contributed by atoms with Crippen LogP contribution in [0.15, 0.2) is 36.4 Å². The minimum absolute atomic E-state index is 0.0740. The zero-order valence-electron chi connectivity index (χ0n) is 10.00. The molecule has 0 aliphatic heterocycles. The summed E-state index contributed by atoms with van der Waals surface area (Å²) in [6.45, 7) is -0.0766. The molecule has 0 saturated carbocycles. The summed E-state index contributed by atoms with van der Waals surface area (Å²) in [5.41, 5.74) is 6.02. The molecule has 0 atom stereocenters. The molecule has 5 heteroatoms. The minimum atomic E-state index is -0.824. The predicted molar refractivity (Wildman–Crippen MR) is 65.0 cm³/mol. The van der Waals surface area contributed by atoms with Crippen molar-refractivity contribution < 1.29 is 17.9 Å². The molecule has 2 N–H and O–H groups in total. The first-order chi connectivity index (χ1) is 9.11. The second kappa shape index (κ2) is 5.75. The molecule has 0 bridgehead atoms. The number of hydrogen-bond donors (Lipinski definition) is 1. The van der Waals surface area contributed by atoms with Crippen LogP contribution in [0.4, 0.5) is 13.2 Å². The summed E-state index contributed by atoms with van der Waals surface area (Å²) in [5, 5.41) is 0. The molecule has 100 valence electrons. The lowest BCUT2D eigenvalue weighted by atomic mass is 10.1. The third kappa shape index (κ3) is 3.06. The Hall–Kier alpha value is -2.01. The van der Waals surface area contributed by atoms with E-state index in [2.05, 4.69) is 0 Å². The molecule has 0 heterocycles. The summed E-state index contributed by atoms with van der Waals surface area (Å²) in [7, 11) is 0. The molecule has 0 saturated heterocycles. The van der Waals surface area contributed by atoms with Gasteiger partial charge in [0.25, 0.3) is 0 Å². The second-order valence-corrected chi connectivity index (χ2v) is 3.96. The van der Waals surface area contributed by atoms with Crippen LogP contribution in [0.2, 0.25) is 0 Å². The fourth-order valence-corrected chi connectivity index (χ4v) is 1.65. The highest BCUT2D eigenvalue weighted by Gasteiger charge is 2.09. The molecular weight excluding hydrogens is 255 g/mol. The molecule has 0 radical (unpaired) electrons.